The number of rotatable bonds is 3. The Balaban J connectivity index is 2.29. The van der Waals surface area contributed by atoms with Crippen LogP contribution in [0.3, 0.4) is 0 Å². The number of thiophene rings is 1. The first-order chi connectivity index (χ1) is 8.61. The Morgan fingerprint density at radius 3 is 2.78 bits per heavy atom. The molecule has 18 heavy (non-hydrogen) atoms. The number of aryl methyl sites for hydroxylation is 1. The Hall–Kier alpha value is -1.68. The fourth-order valence-corrected chi connectivity index (χ4v) is 2.45. The molecule has 0 fully saturated rings. The third-order valence-corrected chi connectivity index (χ3v) is 3.65. The Bertz CT molecular complexity index is 575. The van der Waals surface area contributed by atoms with Crippen molar-refractivity contribution in [1.29, 1.82) is 0 Å². The van der Waals surface area contributed by atoms with E-state index in [-0.39, 0.29) is 11.8 Å². The minimum absolute atomic E-state index is 0.237. The van der Waals surface area contributed by atoms with E-state index in [2.05, 4.69) is 0 Å². The molecule has 0 radical (unpaired) electrons. The van der Waals surface area contributed by atoms with Crippen LogP contribution in [0.1, 0.15) is 22.2 Å². The van der Waals surface area contributed by atoms with E-state index in [1.165, 1.54) is 17.4 Å². The highest BCUT2D eigenvalue weighted by atomic mass is 32.1. The number of halogens is 1. The molecule has 2 aromatic rings. The number of esters is 1. The Morgan fingerprint density at radius 1 is 1.33 bits per heavy atom. The van der Waals surface area contributed by atoms with E-state index in [0.29, 0.717) is 17.0 Å². The summed E-state index contributed by atoms with van der Waals surface area (Å²) in [4.78, 5) is 12.9. The van der Waals surface area contributed by atoms with Gasteiger partial charge in [0.25, 0.3) is 0 Å². The Kier molecular flexibility index (Phi) is 3.77. The molecule has 2 nitrogen and oxygen atoms in total. The van der Waals surface area contributed by atoms with Crippen LogP contribution in [-0.4, -0.2) is 12.6 Å². The van der Waals surface area contributed by atoms with Crippen LogP contribution in [0.15, 0.2) is 30.3 Å². The number of carbonyl (C=O) groups is 1. The van der Waals surface area contributed by atoms with E-state index < -0.39 is 0 Å². The average Bonchev–Trinajstić information content (AvgIpc) is 2.82. The molecule has 0 aliphatic heterocycles. The second kappa shape index (κ2) is 5.31. The van der Waals surface area contributed by atoms with Gasteiger partial charge in [-0.05, 0) is 43.2 Å². The zero-order chi connectivity index (χ0) is 13.1. The molecule has 1 heterocycles. The van der Waals surface area contributed by atoms with Gasteiger partial charge in [0.15, 0.2) is 0 Å². The van der Waals surface area contributed by atoms with Gasteiger partial charge in [-0.1, -0.05) is 12.1 Å². The van der Waals surface area contributed by atoms with E-state index in [0.717, 1.165) is 10.4 Å². The van der Waals surface area contributed by atoms with Crippen molar-refractivity contribution in [3.05, 3.63) is 46.6 Å². The monoisotopic (exact) mass is 264 g/mol. The molecule has 0 N–H and O–H groups in total. The van der Waals surface area contributed by atoms with Crippen LogP contribution < -0.4 is 0 Å². The number of ether oxygens (including phenoxy) is 1. The van der Waals surface area contributed by atoms with Crippen LogP contribution in [0.2, 0.25) is 0 Å². The summed E-state index contributed by atoms with van der Waals surface area (Å²) < 4.78 is 18.4. The van der Waals surface area contributed by atoms with E-state index >= 15 is 0 Å². The summed E-state index contributed by atoms with van der Waals surface area (Å²) in [5.41, 5.74) is 1.39. The molecule has 0 unspecified atom stereocenters. The SMILES string of the molecule is CCOC(=O)c1ccc(-c2ccc(C)c(F)c2)s1. The van der Waals surface area contributed by atoms with Gasteiger partial charge in [-0.25, -0.2) is 9.18 Å². The van der Waals surface area contributed by atoms with Gasteiger partial charge in [-0.15, -0.1) is 11.3 Å². The molecule has 1 aromatic carbocycles. The van der Waals surface area contributed by atoms with Crippen LogP contribution in [0, 0.1) is 12.7 Å². The topological polar surface area (TPSA) is 26.3 Å². The molecule has 0 aliphatic carbocycles. The summed E-state index contributed by atoms with van der Waals surface area (Å²) in [6.45, 7) is 3.84. The second-order valence-electron chi connectivity index (χ2n) is 3.85. The summed E-state index contributed by atoms with van der Waals surface area (Å²) in [7, 11) is 0. The lowest BCUT2D eigenvalue weighted by atomic mass is 10.1. The second-order valence-corrected chi connectivity index (χ2v) is 4.93. The molecular formula is C14H13FO2S. The lowest BCUT2D eigenvalue weighted by Crippen LogP contribution is -2.01. The zero-order valence-corrected chi connectivity index (χ0v) is 11.0. The molecule has 0 saturated carbocycles. The summed E-state index contributed by atoms with van der Waals surface area (Å²) >= 11 is 1.31. The van der Waals surface area contributed by atoms with E-state index in [1.807, 2.05) is 6.07 Å². The van der Waals surface area contributed by atoms with Crippen LogP contribution in [-0.2, 0) is 4.74 Å². The number of carbonyl (C=O) groups excluding carboxylic acids is 1. The largest absolute Gasteiger partial charge is 0.462 e. The smallest absolute Gasteiger partial charge is 0.348 e. The predicted molar refractivity (Wildman–Crippen MR) is 70.4 cm³/mol. The van der Waals surface area contributed by atoms with Gasteiger partial charge >= 0.3 is 5.97 Å². The summed E-state index contributed by atoms with van der Waals surface area (Å²) in [6.07, 6.45) is 0. The highest BCUT2D eigenvalue weighted by Crippen LogP contribution is 2.29. The molecule has 1 aromatic heterocycles. The van der Waals surface area contributed by atoms with Crippen molar-refractivity contribution in [3.8, 4) is 10.4 Å². The molecule has 0 saturated heterocycles. The van der Waals surface area contributed by atoms with Crippen molar-refractivity contribution in [2.24, 2.45) is 0 Å². The molecular weight excluding hydrogens is 251 g/mol. The fraction of sp³-hybridized carbons (Fsp3) is 0.214. The van der Waals surface area contributed by atoms with Crippen molar-refractivity contribution in [2.45, 2.75) is 13.8 Å². The van der Waals surface area contributed by atoms with E-state index in [1.54, 1.807) is 32.0 Å². The number of benzene rings is 1. The van der Waals surface area contributed by atoms with E-state index in [4.69, 9.17) is 4.74 Å². The molecule has 94 valence electrons. The molecule has 0 amide bonds. The number of hydrogen-bond acceptors (Lipinski definition) is 3. The van der Waals surface area contributed by atoms with Crippen molar-refractivity contribution >= 4 is 17.3 Å². The van der Waals surface area contributed by atoms with Crippen LogP contribution in [0.25, 0.3) is 10.4 Å². The van der Waals surface area contributed by atoms with Gasteiger partial charge in [-0.2, -0.15) is 0 Å². The molecule has 0 aliphatic rings. The van der Waals surface area contributed by atoms with Gasteiger partial charge in [0, 0.05) is 4.88 Å². The lowest BCUT2D eigenvalue weighted by molar-refractivity contribution is 0.0532. The van der Waals surface area contributed by atoms with E-state index in [9.17, 15) is 9.18 Å². The highest BCUT2D eigenvalue weighted by Gasteiger charge is 2.11. The average molecular weight is 264 g/mol. The molecule has 2 rings (SSSR count). The van der Waals surface area contributed by atoms with Crippen molar-refractivity contribution in [1.82, 2.24) is 0 Å². The zero-order valence-electron chi connectivity index (χ0n) is 10.2. The molecule has 0 spiro atoms. The maximum atomic E-state index is 13.5. The summed E-state index contributed by atoms with van der Waals surface area (Å²) in [6, 6.07) is 8.57. The van der Waals surface area contributed by atoms with Gasteiger partial charge in [0.2, 0.25) is 0 Å². The Labute approximate surface area is 109 Å². The standard InChI is InChI=1S/C14H13FO2S/c1-3-17-14(16)13-7-6-12(18-13)10-5-4-9(2)11(15)8-10/h4-8H,3H2,1-2H3. The van der Waals surface area contributed by atoms with Crippen molar-refractivity contribution in [3.63, 3.8) is 0 Å². The van der Waals surface area contributed by atoms with Gasteiger partial charge < -0.3 is 4.74 Å². The summed E-state index contributed by atoms with van der Waals surface area (Å²) in [5, 5.41) is 0. The first-order valence-corrected chi connectivity index (χ1v) is 6.47. The first-order valence-electron chi connectivity index (χ1n) is 5.65. The van der Waals surface area contributed by atoms with Gasteiger partial charge in [0.1, 0.15) is 10.7 Å². The summed E-state index contributed by atoms with van der Waals surface area (Å²) in [5.74, 6) is -0.570. The van der Waals surface area contributed by atoms with Crippen molar-refractivity contribution < 1.29 is 13.9 Å². The maximum absolute atomic E-state index is 13.5. The Morgan fingerprint density at radius 2 is 2.11 bits per heavy atom. The quantitative estimate of drug-likeness (QED) is 0.782. The normalized spacial score (nSPS) is 10.4. The minimum atomic E-state index is -0.332. The van der Waals surface area contributed by atoms with Crippen molar-refractivity contribution in [2.75, 3.05) is 6.61 Å². The lowest BCUT2D eigenvalue weighted by Gasteiger charge is -2.00. The van der Waals surface area contributed by atoms with Crippen LogP contribution in [0.4, 0.5) is 4.39 Å². The molecule has 4 heteroatoms. The molecule has 0 bridgehead atoms. The van der Waals surface area contributed by atoms with Gasteiger partial charge in [-0.3, -0.25) is 0 Å². The van der Waals surface area contributed by atoms with Crippen LogP contribution >= 0.6 is 11.3 Å². The number of hydrogen-bond donors (Lipinski definition) is 0. The first kappa shape index (κ1) is 12.8. The molecule has 0 atom stereocenters. The third kappa shape index (κ3) is 2.59. The third-order valence-electron chi connectivity index (χ3n) is 2.54. The minimum Gasteiger partial charge on any atom is -0.462 e. The fourth-order valence-electron chi connectivity index (χ4n) is 1.55. The van der Waals surface area contributed by atoms with Crippen LogP contribution in [0.5, 0.6) is 0 Å². The van der Waals surface area contributed by atoms with Gasteiger partial charge in [0.05, 0.1) is 6.61 Å². The highest BCUT2D eigenvalue weighted by molar-refractivity contribution is 7.17. The maximum Gasteiger partial charge on any atom is 0.348 e. The predicted octanol–water partition coefficient (Wildman–Crippen LogP) is 4.04.